The molecule has 1 aromatic heterocycles. The van der Waals surface area contributed by atoms with E-state index in [2.05, 4.69) is 14.9 Å². The lowest BCUT2D eigenvalue weighted by atomic mass is 10.3. The molecule has 0 aliphatic rings. The first-order chi connectivity index (χ1) is 7.51. The normalized spacial score (nSPS) is 13.3. The zero-order valence-electron chi connectivity index (χ0n) is 9.19. The van der Waals surface area contributed by atoms with Gasteiger partial charge in [-0.05, 0) is 13.3 Å². The lowest BCUT2D eigenvalue weighted by Gasteiger charge is -2.09. The van der Waals surface area contributed by atoms with E-state index >= 15 is 0 Å². The average molecular weight is 242 g/mol. The molecule has 0 saturated carbocycles. The van der Waals surface area contributed by atoms with Gasteiger partial charge in [0.05, 0.1) is 12.3 Å². The summed E-state index contributed by atoms with van der Waals surface area (Å²) in [5.41, 5.74) is 1.59. The van der Waals surface area contributed by atoms with Crippen molar-refractivity contribution in [3.63, 3.8) is 0 Å². The zero-order chi connectivity index (χ0) is 12.2. The third-order valence-corrected chi connectivity index (χ3v) is 4.02. The molecule has 0 radical (unpaired) electrons. The largest absolute Gasteiger partial charge is 0.283 e. The van der Waals surface area contributed by atoms with E-state index in [1.807, 2.05) is 0 Å². The number of nitriles is 1. The highest BCUT2D eigenvalue weighted by molar-refractivity contribution is 7.90. The summed E-state index contributed by atoms with van der Waals surface area (Å²) in [6, 6.07) is 1.76. The molecule has 0 saturated heterocycles. The Bertz CT molecular complexity index is 486. The Labute approximate surface area is 94.7 Å². The van der Waals surface area contributed by atoms with E-state index in [0.717, 1.165) is 11.3 Å². The maximum atomic E-state index is 11.6. The first-order valence-electron chi connectivity index (χ1n) is 4.88. The lowest BCUT2D eigenvalue weighted by molar-refractivity contribution is 0.572. The molecular formula is C9H14N4O2S. The molecule has 88 valence electrons. The van der Waals surface area contributed by atoms with Gasteiger partial charge in [0.2, 0.25) is 10.0 Å². The molecule has 16 heavy (non-hydrogen) atoms. The second-order valence-electron chi connectivity index (χ2n) is 3.41. The number of aryl methyl sites for hydroxylation is 1. The van der Waals surface area contributed by atoms with Gasteiger partial charge in [-0.15, -0.1) is 0 Å². The van der Waals surface area contributed by atoms with E-state index in [1.54, 1.807) is 26.1 Å². The standard InChI is InChI=1S/C9H14N4O2S/c1-3-9(4-10)16(14,15)12-6-8-5-11-13-7(8)2/h5,9,12H,3,6H2,1-2H3,(H,11,13). The Morgan fingerprint density at radius 2 is 2.38 bits per heavy atom. The summed E-state index contributed by atoms with van der Waals surface area (Å²) < 4.78 is 25.7. The Morgan fingerprint density at radius 3 is 2.81 bits per heavy atom. The Balaban J connectivity index is 2.69. The molecule has 0 aliphatic carbocycles. The van der Waals surface area contributed by atoms with Crippen molar-refractivity contribution in [2.24, 2.45) is 0 Å². The summed E-state index contributed by atoms with van der Waals surface area (Å²) in [5.74, 6) is 0. The molecule has 0 amide bonds. The van der Waals surface area contributed by atoms with Crippen LogP contribution >= 0.6 is 0 Å². The molecule has 2 N–H and O–H groups in total. The number of nitrogens with one attached hydrogen (secondary N) is 2. The van der Waals surface area contributed by atoms with Gasteiger partial charge >= 0.3 is 0 Å². The van der Waals surface area contributed by atoms with Gasteiger partial charge in [-0.25, -0.2) is 13.1 Å². The van der Waals surface area contributed by atoms with Crippen molar-refractivity contribution in [2.45, 2.75) is 32.1 Å². The molecule has 0 bridgehead atoms. The predicted octanol–water partition coefficient (Wildman–Crippen LogP) is 0.440. The zero-order valence-corrected chi connectivity index (χ0v) is 10.0. The van der Waals surface area contributed by atoms with Gasteiger partial charge in [0, 0.05) is 17.8 Å². The van der Waals surface area contributed by atoms with Crippen LogP contribution in [0.15, 0.2) is 6.20 Å². The molecule has 1 heterocycles. The minimum atomic E-state index is -3.57. The van der Waals surface area contributed by atoms with Gasteiger partial charge in [-0.3, -0.25) is 5.10 Å². The Morgan fingerprint density at radius 1 is 1.69 bits per heavy atom. The second kappa shape index (κ2) is 5.09. The summed E-state index contributed by atoms with van der Waals surface area (Å²) in [6.45, 7) is 3.62. The molecule has 7 heteroatoms. The highest BCUT2D eigenvalue weighted by Gasteiger charge is 2.22. The van der Waals surface area contributed by atoms with Gasteiger partial charge < -0.3 is 0 Å². The fraction of sp³-hybridized carbons (Fsp3) is 0.556. The quantitative estimate of drug-likeness (QED) is 0.782. The molecule has 0 fully saturated rings. The van der Waals surface area contributed by atoms with Crippen LogP contribution in [-0.2, 0) is 16.6 Å². The molecule has 0 spiro atoms. The number of hydrogen-bond donors (Lipinski definition) is 2. The molecule has 1 unspecified atom stereocenters. The van der Waals surface area contributed by atoms with Crippen LogP contribution in [0.1, 0.15) is 24.6 Å². The highest BCUT2D eigenvalue weighted by Crippen LogP contribution is 2.06. The number of nitrogens with zero attached hydrogens (tertiary/aromatic N) is 2. The molecule has 0 aromatic carbocycles. The number of hydrogen-bond acceptors (Lipinski definition) is 4. The van der Waals surface area contributed by atoms with Crippen LogP contribution in [-0.4, -0.2) is 23.9 Å². The van der Waals surface area contributed by atoms with Crippen LogP contribution in [0.25, 0.3) is 0 Å². The SMILES string of the molecule is CCC(C#N)S(=O)(=O)NCc1cn[nH]c1C. The van der Waals surface area contributed by atoms with Crippen molar-refractivity contribution in [1.82, 2.24) is 14.9 Å². The number of aromatic nitrogens is 2. The number of aromatic amines is 1. The van der Waals surface area contributed by atoms with Gasteiger partial charge in [0.15, 0.2) is 5.25 Å². The monoisotopic (exact) mass is 242 g/mol. The van der Waals surface area contributed by atoms with E-state index in [0.29, 0.717) is 0 Å². The molecular weight excluding hydrogens is 228 g/mol. The Kier molecular flexibility index (Phi) is 4.04. The van der Waals surface area contributed by atoms with Crippen LogP contribution in [0.3, 0.4) is 0 Å². The van der Waals surface area contributed by atoms with Crippen molar-refractivity contribution in [3.8, 4) is 6.07 Å². The van der Waals surface area contributed by atoms with Crippen molar-refractivity contribution >= 4 is 10.0 Å². The summed E-state index contributed by atoms with van der Waals surface area (Å²) in [7, 11) is -3.57. The van der Waals surface area contributed by atoms with E-state index in [4.69, 9.17) is 5.26 Å². The maximum Gasteiger partial charge on any atom is 0.228 e. The Hall–Kier alpha value is -1.39. The van der Waals surface area contributed by atoms with Crippen molar-refractivity contribution in [2.75, 3.05) is 0 Å². The summed E-state index contributed by atoms with van der Waals surface area (Å²) >= 11 is 0. The molecule has 1 rings (SSSR count). The fourth-order valence-electron chi connectivity index (χ4n) is 1.21. The number of sulfonamides is 1. The van der Waals surface area contributed by atoms with Gasteiger partial charge in [-0.2, -0.15) is 10.4 Å². The molecule has 6 nitrogen and oxygen atoms in total. The third-order valence-electron chi connectivity index (χ3n) is 2.29. The molecule has 0 aliphatic heterocycles. The minimum Gasteiger partial charge on any atom is -0.283 e. The first-order valence-corrected chi connectivity index (χ1v) is 6.42. The van der Waals surface area contributed by atoms with Crippen LogP contribution in [0, 0.1) is 18.3 Å². The van der Waals surface area contributed by atoms with Crippen LogP contribution in [0.5, 0.6) is 0 Å². The third kappa shape index (κ3) is 2.81. The van der Waals surface area contributed by atoms with Crippen LogP contribution in [0.2, 0.25) is 0 Å². The molecule has 1 aromatic rings. The summed E-state index contributed by atoms with van der Waals surface area (Å²) in [6.07, 6.45) is 1.83. The van der Waals surface area contributed by atoms with Crippen molar-refractivity contribution in [3.05, 3.63) is 17.5 Å². The average Bonchev–Trinajstić information content (AvgIpc) is 2.62. The van der Waals surface area contributed by atoms with E-state index in [1.165, 1.54) is 0 Å². The summed E-state index contributed by atoms with van der Waals surface area (Å²) in [5, 5.41) is 14.2. The van der Waals surface area contributed by atoms with Crippen molar-refractivity contribution < 1.29 is 8.42 Å². The number of rotatable bonds is 5. The van der Waals surface area contributed by atoms with Gasteiger partial charge in [0.25, 0.3) is 0 Å². The number of H-pyrrole nitrogens is 1. The van der Waals surface area contributed by atoms with Crippen molar-refractivity contribution in [1.29, 1.82) is 5.26 Å². The smallest absolute Gasteiger partial charge is 0.228 e. The second-order valence-corrected chi connectivity index (χ2v) is 5.36. The van der Waals surface area contributed by atoms with Gasteiger partial charge in [0.1, 0.15) is 0 Å². The van der Waals surface area contributed by atoms with E-state index in [9.17, 15) is 8.42 Å². The first kappa shape index (κ1) is 12.7. The van der Waals surface area contributed by atoms with Crippen LogP contribution < -0.4 is 4.72 Å². The topological polar surface area (TPSA) is 98.6 Å². The minimum absolute atomic E-state index is 0.156. The fourth-order valence-corrected chi connectivity index (χ4v) is 2.35. The predicted molar refractivity (Wildman–Crippen MR) is 58.8 cm³/mol. The molecule has 1 atom stereocenters. The summed E-state index contributed by atoms with van der Waals surface area (Å²) in [4.78, 5) is 0. The lowest BCUT2D eigenvalue weighted by Crippen LogP contribution is -2.32. The van der Waals surface area contributed by atoms with E-state index < -0.39 is 15.3 Å². The van der Waals surface area contributed by atoms with Gasteiger partial charge in [-0.1, -0.05) is 6.92 Å². The van der Waals surface area contributed by atoms with E-state index in [-0.39, 0.29) is 13.0 Å². The maximum absolute atomic E-state index is 11.6. The highest BCUT2D eigenvalue weighted by atomic mass is 32.2. The van der Waals surface area contributed by atoms with Crippen LogP contribution in [0.4, 0.5) is 0 Å².